The number of aromatic nitrogens is 1. The molecule has 0 spiro atoms. The average Bonchev–Trinajstić information content (AvgIpc) is 3.09. The SMILES string of the molecule is O=C(NCc1ccccc1)OCc1noc2c1COc1ccc(Cl)cc1-2. The molecule has 0 unspecified atom stereocenters. The van der Waals surface area contributed by atoms with Gasteiger partial charge in [-0.1, -0.05) is 47.1 Å². The van der Waals surface area contributed by atoms with Crippen LogP contribution in [0.4, 0.5) is 4.79 Å². The third-order valence-corrected chi connectivity index (χ3v) is 4.28. The summed E-state index contributed by atoms with van der Waals surface area (Å²) in [6, 6.07) is 14.9. The van der Waals surface area contributed by atoms with Crippen LogP contribution in [0, 0.1) is 0 Å². The number of halogens is 1. The average molecular weight is 371 g/mol. The molecule has 26 heavy (non-hydrogen) atoms. The molecule has 6 nitrogen and oxygen atoms in total. The number of alkyl carbamates (subject to hydrolysis) is 1. The molecule has 1 aromatic heterocycles. The lowest BCUT2D eigenvalue weighted by molar-refractivity contribution is 0.135. The summed E-state index contributed by atoms with van der Waals surface area (Å²) in [4.78, 5) is 11.9. The van der Waals surface area contributed by atoms with Crippen molar-refractivity contribution < 1.29 is 18.8 Å². The fraction of sp³-hybridized carbons (Fsp3) is 0.158. The predicted molar refractivity (Wildman–Crippen MR) is 94.7 cm³/mol. The van der Waals surface area contributed by atoms with E-state index in [4.69, 9.17) is 25.6 Å². The van der Waals surface area contributed by atoms with Crippen LogP contribution in [0.25, 0.3) is 11.3 Å². The number of carbonyl (C=O) groups excluding carboxylic acids is 1. The molecule has 0 bridgehead atoms. The van der Waals surface area contributed by atoms with E-state index in [1.54, 1.807) is 18.2 Å². The highest BCUT2D eigenvalue weighted by Crippen LogP contribution is 2.40. The Morgan fingerprint density at radius 3 is 2.92 bits per heavy atom. The number of rotatable bonds is 4. The molecule has 0 saturated carbocycles. The summed E-state index contributed by atoms with van der Waals surface area (Å²) in [5.74, 6) is 1.28. The fourth-order valence-electron chi connectivity index (χ4n) is 2.73. The zero-order valence-corrected chi connectivity index (χ0v) is 14.5. The van der Waals surface area contributed by atoms with Crippen LogP contribution in [-0.2, 0) is 24.5 Å². The van der Waals surface area contributed by atoms with E-state index in [9.17, 15) is 4.79 Å². The number of amides is 1. The number of benzene rings is 2. The number of nitrogens with zero attached hydrogens (tertiary/aromatic N) is 1. The molecule has 0 saturated heterocycles. The Balaban J connectivity index is 1.40. The number of fused-ring (bicyclic) bond motifs is 3. The molecular formula is C19H15ClN2O4. The van der Waals surface area contributed by atoms with E-state index < -0.39 is 6.09 Å². The third-order valence-electron chi connectivity index (χ3n) is 4.05. The second-order valence-corrected chi connectivity index (χ2v) is 6.22. The smallest absolute Gasteiger partial charge is 0.407 e. The second-order valence-electron chi connectivity index (χ2n) is 5.78. The lowest BCUT2D eigenvalue weighted by Crippen LogP contribution is -2.23. The van der Waals surface area contributed by atoms with Crippen LogP contribution >= 0.6 is 11.6 Å². The predicted octanol–water partition coefficient (Wildman–Crippen LogP) is 4.31. The lowest BCUT2D eigenvalue weighted by Gasteiger charge is -2.16. The molecule has 1 amide bonds. The topological polar surface area (TPSA) is 73.6 Å². The molecule has 1 aliphatic heterocycles. The maximum atomic E-state index is 11.9. The van der Waals surface area contributed by atoms with Crippen molar-refractivity contribution in [1.82, 2.24) is 10.5 Å². The van der Waals surface area contributed by atoms with Gasteiger partial charge in [0, 0.05) is 11.6 Å². The molecular weight excluding hydrogens is 356 g/mol. The van der Waals surface area contributed by atoms with Gasteiger partial charge in [0.2, 0.25) is 0 Å². The molecule has 2 heterocycles. The zero-order valence-electron chi connectivity index (χ0n) is 13.7. The molecule has 7 heteroatoms. The first-order valence-corrected chi connectivity index (χ1v) is 8.43. The van der Waals surface area contributed by atoms with Crippen molar-refractivity contribution in [3.63, 3.8) is 0 Å². The molecule has 4 rings (SSSR count). The maximum absolute atomic E-state index is 11.9. The first kappa shape index (κ1) is 16.5. The van der Waals surface area contributed by atoms with Gasteiger partial charge in [-0.2, -0.15) is 0 Å². The Kier molecular flexibility index (Phi) is 4.50. The van der Waals surface area contributed by atoms with Crippen LogP contribution in [0.2, 0.25) is 5.02 Å². The summed E-state index contributed by atoms with van der Waals surface area (Å²) in [5, 5.41) is 7.29. The third kappa shape index (κ3) is 3.36. The van der Waals surface area contributed by atoms with Gasteiger partial charge >= 0.3 is 6.09 Å². The highest BCUT2D eigenvalue weighted by molar-refractivity contribution is 6.31. The van der Waals surface area contributed by atoms with E-state index in [2.05, 4.69) is 10.5 Å². The van der Waals surface area contributed by atoms with Crippen molar-refractivity contribution in [3.05, 3.63) is 70.4 Å². The Morgan fingerprint density at radius 1 is 1.23 bits per heavy atom. The number of hydrogen-bond acceptors (Lipinski definition) is 5. The van der Waals surface area contributed by atoms with Crippen molar-refractivity contribution in [2.75, 3.05) is 0 Å². The fourth-order valence-corrected chi connectivity index (χ4v) is 2.90. The van der Waals surface area contributed by atoms with Crippen molar-refractivity contribution in [2.45, 2.75) is 19.8 Å². The summed E-state index contributed by atoms with van der Waals surface area (Å²) in [7, 11) is 0. The molecule has 3 aromatic rings. The van der Waals surface area contributed by atoms with Crippen LogP contribution in [0.5, 0.6) is 5.75 Å². The van der Waals surface area contributed by atoms with Gasteiger partial charge in [-0.3, -0.25) is 0 Å². The summed E-state index contributed by atoms with van der Waals surface area (Å²) >= 11 is 6.04. The van der Waals surface area contributed by atoms with Gasteiger partial charge in [0.05, 0.1) is 11.1 Å². The number of carbonyl (C=O) groups is 1. The molecule has 0 radical (unpaired) electrons. The molecule has 1 N–H and O–H groups in total. The van der Waals surface area contributed by atoms with E-state index in [1.807, 2.05) is 30.3 Å². The van der Waals surface area contributed by atoms with Crippen LogP contribution in [-0.4, -0.2) is 11.2 Å². The minimum Gasteiger partial charge on any atom is -0.488 e. The highest BCUT2D eigenvalue weighted by Gasteiger charge is 2.26. The van der Waals surface area contributed by atoms with Crippen LogP contribution in [0.1, 0.15) is 16.8 Å². The first-order valence-electron chi connectivity index (χ1n) is 8.05. The number of nitrogens with one attached hydrogen (secondary N) is 1. The maximum Gasteiger partial charge on any atom is 0.407 e. The van der Waals surface area contributed by atoms with Gasteiger partial charge in [-0.25, -0.2) is 4.79 Å². The summed E-state index contributed by atoms with van der Waals surface area (Å²) < 4.78 is 16.4. The Bertz CT molecular complexity index is 940. The second kappa shape index (κ2) is 7.09. The monoisotopic (exact) mass is 370 g/mol. The van der Waals surface area contributed by atoms with E-state index in [1.165, 1.54) is 0 Å². The van der Waals surface area contributed by atoms with Gasteiger partial charge in [-0.15, -0.1) is 0 Å². The molecule has 132 valence electrons. The van der Waals surface area contributed by atoms with Crippen molar-refractivity contribution in [1.29, 1.82) is 0 Å². The number of ether oxygens (including phenoxy) is 2. The molecule has 1 aliphatic rings. The van der Waals surface area contributed by atoms with Crippen molar-refractivity contribution >= 4 is 17.7 Å². The lowest BCUT2D eigenvalue weighted by atomic mass is 10.0. The zero-order chi connectivity index (χ0) is 17.9. The van der Waals surface area contributed by atoms with Crippen molar-refractivity contribution in [3.8, 4) is 17.1 Å². The van der Waals surface area contributed by atoms with E-state index >= 15 is 0 Å². The van der Waals surface area contributed by atoms with E-state index in [0.717, 1.165) is 16.7 Å². The molecule has 2 aromatic carbocycles. The molecule has 0 aliphatic carbocycles. The largest absolute Gasteiger partial charge is 0.488 e. The summed E-state index contributed by atoms with van der Waals surface area (Å²) in [5.41, 5.74) is 3.02. The van der Waals surface area contributed by atoms with Gasteiger partial charge in [-0.05, 0) is 23.8 Å². The van der Waals surface area contributed by atoms with Crippen molar-refractivity contribution in [2.24, 2.45) is 0 Å². The van der Waals surface area contributed by atoms with Crippen LogP contribution in [0.3, 0.4) is 0 Å². The number of hydrogen-bond donors (Lipinski definition) is 1. The van der Waals surface area contributed by atoms with Gasteiger partial charge in [0.1, 0.15) is 24.7 Å². The standard InChI is InChI=1S/C19H15ClN2O4/c20-13-6-7-17-14(8-13)18-15(10-24-17)16(22-26-18)11-25-19(23)21-9-12-4-2-1-3-5-12/h1-8H,9-11H2,(H,21,23). The normalized spacial score (nSPS) is 11.9. The Labute approximate surface area is 154 Å². The van der Waals surface area contributed by atoms with Crippen LogP contribution in [0.15, 0.2) is 53.1 Å². The van der Waals surface area contributed by atoms with Gasteiger partial charge in [0.25, 0.3) is 0 Å². The summed E-state index contributed by atoms with van der Waals surface area (Å²) in [6.07, 6.45) is -0.522. The minimum atomic E-state index is -0.522. The highest BCUT2D eigenvalue weighted by atomic mass is 35.5. The Hall–Kier alpha value is -2.99. The Morgan fingerprint density at radius 2 is 2.08 bits per heavy atom. The first-order chi connectivity index (χ1) is 12.7. The van der Waals surface area contributed by atoms with Gasteiger partial charge < -0.3 is 19.3 Å². The van der Waals surface area contributed by atoms with Gasteiger partial charge in [0.15, 0.2) is 5.76 Å². The molecule has 0 atom stereocenters. The van der Waals surface area contributed by atoms with E-state index in [-0.39, 0.29) is 6.61 Å². The quantitative estimate of drug-likeness (QED) is 0.740. The van der Waals surface area contributed by atoms with Crippen LogP contribution < -0.4 is 10.1 Å². The van der Waals surface area contributed by atoms with E-state index in [0.29, 0.717) is 35.4 Å². The minimum absolute atomic E-state index is 0.00127. The molecule has 0 fully saturated rings. The summed E-state index contributed by atoms with van der Waals surface area (Å²) in [6.45, 7) is 0.697.